The number of hydrogen-bond acceptors (Lipinski definition) is 4. The van der Waals surface area contributed by atoms with Crippen molar-refractivity contribution in [1.29, 1.82) is 0 Å². The van der Waals surface area contributed by atoms with Crippen molar-refractivity contribution in [1.82, 2.24) is 4.98 Å². The Morgan fingerprint density at radius 3 is 2.39 bits per heavy atom. The van der Waals surface area contributed by atoms with Crippen molar-refractivity contribution in [3.05, 3.63) is 59.4 Å². The van der Waals surface area contributed by atoms with E-state index in [4.69, 9.17) is 5.73 Å². The molecule has 0 spiro atoms. The third kappa shape index (κ3) is 3.28. The van der Waals surface area contributed by atoms with Crippen molar-refractivity contribution in [3.63, 3.8) is 0 Å². The highest BCUT2D eigenvalue weighted by Crippen LogP contribution is 2.47. The van der Waals surface area contributed by atoms with Gasteiger partial charge in [0.25, 0.3) is 0 Å². The number of halogens is 5. The van der Waals surface area contributed by atoms with Crippen LogP contribution < -0.4 is 5.73 Å². The van der Waals surface area contributed by atoms with Crippen molar-refractivity contribution < 1.29 is 30.4 Å². The first kappa shape index (κ1) is 20.7. The minimum Gasteiger partial charge on any atom is -0.326 e. The molecule has 1 aliphatic carbocycles. The molecule has 0 bridgehead atoms. The van der Waals surface area contributed by atoms with Crippen LogP contribution in [0.1, 0.15) is 36.9 Å². The van der Waals surface area contributed by atoms with Gasteiger partial charge in [0.05, 0.1) is 4.90 Å². The highest BCUT2D eigenvalue weighted by Gasteiger charge is 2.53. The molecule has 1 fully saturated rings. The summed E-state index contributed by atoms with van der Waals surface area (Å²) in [6.07, 6.45) is -3.02. The lowest BCUT2D eigenvalue weighted by Crippen LogP contribution is -2.53. The molecule has 3 rings (SSSR count). The number of nitrogens with two attached hydrogens (primary N) is 1. The number of rotatable bonds is 3. The van der Waals surface area contributed by atoms with E-state index in [2.05, 4.69) is 4.98 Å². The van der Waals surface area contributed by atoms with E-state index in [9.17, 15) is 30.4 Å². The van der Waals surface area contributed by atoms with Crippen molar-refractivity contribution in [2.24, 2.45) is 5.73 Å². The van der Waals surface area contributed by atoms with E-state index in [0.717, 1.165) is 24.3 Å². The molecule has 1 saturated carbocycles. The first-order valence-electron chi connectivity index (χ1n) is 8.49. The molecule has 0 radical (unpaired) electrons. The van der Waals surface area contributed by atoms with Crippen LogP contribution in [-0.4, -0.2) is 19.4 Å². The minimum absolute atomic E-state index is 0.0854. The first-order chi connectivity index (χ1) is 13.0. The number of aromatic nitrogens is 1. The maximum Gasteiger partial charge on any atom is 0.433 e. The highest BCUT2D eigenvalue weighted by molar-refractivity contribution is 7.92. The van der Waals surface area contributed by atoms with E-state index in [0.29, 0.717) is 25.1 Å². The number of alkyl halides is 3. The van der Waals surface area contributed by atoms with Crippen molar-refractivity contribution in [2.75, 3.05) is 0 Å². The van der Waals surface area contributed by atoms with Gasteiger partial charge in [0.1, 0.15) is 22.1 Å². The van der Waals surface area contributed by atoms with Gasteiger partial charge in [-0.25, -0.2) is 17.2 Å². The molecule has 10 heteroatoms. The van der Waals surface area contributed by atoms with Crippen LogP contribution in [0.3, 0.4) is 0 Å². The van der Waals surface area contributed by atoms with Crippen LogP contribution in [0.25, 0.3) is 0 Å². The summed E-state index contributed by atoms with van der Waals surface area (Å²) in [5, 5.41) is 0. The van der Waals surface area contributed by atoms with Crippen molar-refractivity contribution in [3.8, 4) is 0 Å². The third-order valence-corrected chi connectivity index (χ3v) is 7.66. The van der Waals surface area contributed by atoms with Crippen LogP contribution in [0.5, 0.6) is 0 Å². The number of hydrogen-bond donors (Lipinski definition) is 1. The Hall–Kier alpha value is -2.07. The average molecular weight is 420 g/mol. The second-order valence-electron chi connectivity index (χ2n) is 6.75. The summed E-state index contributed by atoms with van der Waals surface area (Å²) in [7, 11) is -4.49. The first-order valence-corrected chi connectivity index (χ1v) is 9.97. The minimum atomic E-state index is -4.74. The molecule has 0 saturated heterocycles. The summed E-state index contributed by atoms with van der Waals surface area (Å²) in [5.74, 6) is -1.78. The molecule has 2 aromatic rings. The standard InChI is InChI=1S/C18H17F5N2O2S/c19-11-4-6-14(20)13(9-11)17(8-2-1-3-15(17)24)28(26,27)12-5-7-16(25-10-12)18(21,22)23/h4-7,9-10,15H,1-3,8,24H2. The zero-order valence-corrected chi connectivity index (χ0v) is 15.3. The number of nitrogens with zero attached hydrogens (tertiary/aromatic N) is 1. The van der Waals surface area contributed by atoms with Gasteiger partial charge in [-0.2, -0.15) is 13.2 Å². The van der Waals surface area contributed by atoms with Gasteiger partial charge in [-0.15, -0.1) is 0 Å². The fraction of sp³-hybridized carbons (Fsp3) is 0.389. The lowest BCUT2D eigenvalue weighted by Gasteiger charge is -2.42. The number of sulfone groups is 1. The molecule has 1 aromatic carbocycles. The molecular formula is C18H17F5N2O2S. The summed E-state index contributed by atoms with van der Waals surface area (Å²) in [4.78, 5) is 2.66. The van der Waals surface area contributed by atoms with Crippen LogP contribution in [0.4, 0.5) is 22.0 Å². The molecule has 28 heavy (non-hydrogen) atoms. The molecule has 1 aliphatic rings. The summed E-state index contributed by atoms with van der Waals surface area (Å²) < 4.78 is 91.6. The molecule has 0 amide bonds. The Morgan fingerprint density at radius 1 is 1.11 bits per heavy atom. The monoisotopic (exact) mass is 420 g/mol. The van der Waals surface area contributed by atoms with Crippen LogP contribution in [0.15, 0.2) is 41.4 Å². The Labute approximate surface area is 158 Å². The highest BCUT2D eigenvalue weighted by atomic mass is 32.2. The molecule has 2 unspecified atom stereocenters. The van der Waals surface area contributed by atoms with Gasteiger partial charge in [0.2, 0.25) is 0 Å². The van der Waals surface area contributed by atoms with Crippen LogP contribution in [0, 0.1) is 11.6 Å². The Morgan fingerprint density at radius 2 is 1.82 bits per heavy atom. The molecule has 1 heterocycles. The van der Waals surface area contributed by atoms with E-state index in [1.54, 1.807) is 0 Å². The number of pyridine rings is 1. The van der Waals surface area contributed by atoms with Crippen LogP contribution in [0.2, 0.25) is 0 Å². The van der Waals surface area contributed by atoms with E-state index in [1.807, 2.05) is 0 Å². The van der Waals surface area contributed by atoms with E-state index < -0.39 is 54.6 Å². The summed E-state index contributed by atoms with van der Waals surface area (Å²) in [6.45, 7) is 0. The van der Waals surface area contributed by atoms with Crippen molar-refractivity contribution >= 4 is 9.84 Å². The molecular weight excluding hydrogens is 403 g/mol. The smallest absolute Gasteiger partial charge is 0.326 e. The summed E-state index contributed by atoms with van der Waals surface area (Å²) in [6, 6.07) is 2.70. The van der Waals surface area contributed by atoms with E-state index in [-0.39, 0.29) is 12.8 Å². The predicted octanol–water partition coefficient (Wildman–Crippen LogP) is 3.95. The quantitative estimate of drug-likeness (QED) is 0.764. The van der Waals surface area contributed by atoms with Gasteiger partial charge in [0, 0.05) is 17.8 Å². The topological polar surface area (TPSA) is 73.1 Å². The lowest BCUT2D eigenvalue weighted by molar-refractivity contribution is -0.141. The third-order valence-electron chi connectivity index (χ3n) is 5.11. The predicted molar refractivity (Wildman–Crippen MR) is 90.9 cm³/mol. The molecule has 2 N–H and O–H groups in total. The average Bonchev–Trinajstić information content (AvgIpc) is 2.63. The lowest BCUT2D eigenvalue weighted by atomic mass is 9.79. The van der Waals surface area contributed by atoms with Gasteiger partial charge in [0.15, 0.2) is 9.84 Å². The summed E-state index contributed by atoms with van der Waals surface area (Å²) in [5.41, 5.74) is 4.44. The largest absolute Gasteiger partial charge is 0.433 e. The van der Waals surface area contributed by atoms with Crippen molar-refractivity contribution in [2.45, 2.75) is 47.5 Å². The molecule has 1 aromatic heterocycles. The normalized spacial score (nSPS) is 23.6. The Bertz CT molecular complexity index is 976. The zero-order chi connectivity index (χ0) is 20.7. The molecule has 0 aliphatic heterocycles. The Balaban J connectivity index is 2.22. The maximum absolute atomic E-state index is 14.6. The van der Waals surface area contributed by atoms with Gasteiger partial charge >= 0.3 is 6.18 Å². The summed E-state index contributed by atoms with van der Waals surface area (Å²) >= 11 is 0. The van der Waals surface area contributed by atoms with Gasteiger partial charge < -0.3 is 5.73 Å². The fourth-order valence-corrected chi connectivity index (χ4v) is 5.96. The van der Waals surface area contributed by atoms with E-state index >= 15 is 0 Å². The van der Waals surface area contributed by atoms with Gasteiger partial charge in [-0.3, -0.25) is 4.98 Å². The van der Waals surface area contributed by atoms with Crippen LogP contribution >= 0.6 is 0 Å². The van der Waals surface area contributed by atoms with Crippen LogP contribution in [-0.2, 0) is 20.8 Å². The molecule has 4 nitrogen and oxygen atoms in total. The molecule has 2 atom stereocenters. The van der Waals surface area contributed by atoms with Gasteiger partial charge in [-0.05, 0) is 43.2 Å². The second kappa shape index (κ2) is 7.07. The van der Waals surface area contributed by atoms with E-state index in [1.165, 1.54) is 0 Å². The zero-order valence-electron chi connectivity index (χ0n) is 14.5. The SMILES string of the molecule is NC1CCCCC1(c1cc(F)ccc1F)S(=O)(=O)c1ccc(C(F)(F)F)nc1. The maximum atomic E-state index is 14.6. The number of benzene rings is 1. The Kier molecular flexibility index (Phi) is 5.22. The second-order valence-corrected chi connectivity index (χ2v) is 8.95. The molecule has 152 valence electrons. The van der Waals surface area contributed by atoms with Gasteiger partial charge in [-0.1, -0.05) is 12.8 Å². The fourth-order valence-electron chi connectivity index (χ4n) is 3.72.